The topological polar surface area (TPSA) is 197 Å². The molecule has 12 heteroatoms. The van der Waals surface area contributed by atoms with Crippen molar-refractivity contribution in [2.45, 2.75) is 51.2 Å². The Labute approximate surface area is 216 Å². The molecule has 200 valence electrons. The van der Waals surface area contributed by atoms with E-state index in [4.69, 9.17) is 16.9 Å². The molecule has 0 aliphatic heterocycles. The summed E-state index contributed by atoms with van der Waals surface area (Å²) >= 11 is 0. The Morgan fingerprint density at radius 3 is 2.14 bits per heavy atom. The van der Waals surface area contributed by atoms with Crippen LogP contribution in [0.3, 0.4) is 0 Å². The van der Waals surface area contributed by atoms with Crippen LogP contribution in [0.25, 0.3) is 0 Å². The lowest BCUT2D eigenvalue weighted by Gasteiger charge is -2.23. The number of carbonyl (C=O) groups is 3. The second-order valence-corrected chi connectivity index (χ2v) is 10.4. The molecular formula is C25H34N6O5S. The van der Waals surface area contributed by atoms with Gasteiger partial charge in [-0.3, -0.25) is 19.8 Å². The van der Waals surface area contributed by atoms with Crippen molar-refractivity contribution in [3.05, 3.63) is 71.3 Å². The van der Waals surface area contributed by atoms with Crippen molar-refractivity contribution in [1.82, 2.24) is 15.4 Å². The molecule has 0 bridgehead atoms. The summed E-state index contributed by atoms with van der Waals surface area (Å²) in [7, 11) is -3.74. The Balaban J connectivity index is 2.16. The highest BCUT2D eigenvalue weighted by molar-refractivity contribution is 7.89. The number of nitrogens with one attached hydrogen (secondary N) is 4. The number of primary amides is 1. The Kier molecular flexibility index (Phi) is 11.2. The molecule has 0 spiro atoms. The first-order valence-corrected chi connectivity index (χ1v) is 13.5. The Morgan fingerprint density at radius 1 is 0.919 bits per heavy atom. The molecule has 0 aromatic heterocycles. The Bertz CT molecular complexity index is 1190. The highest BCUT2D eigenvalue weighted by Gasteiger charge is 2.29. The van der Waals surface area contributed by atoms with Crippen LogP contribution in [0, 0.1) is 5.41 Å². The Hall–Kier alpha value is -3.77. The molecule has 0 saturated carbocycles. The number of hydrogen-bond donors (Lipinski definition) is 6. The molecule has 0 aliphatic rings. The van der Waals surface area contributed by atoms with Crippen molar-refractivity contribution in [3.63, 3.8) is 0 Å². The van der Waals surface area contributed by atoms with Gasteiger partial charge in [-0.2, -0.15) is 0 Å². The molecule has 2 aromatic rings. The molecule has 2 rings (SSSR count). The van der Waals surface area contributed by atoms with Crippen LogP contribution in [0.1, 0.15) is 42.9 Å². The molecule has 2 aromatic carbocycles. The molecule has 8 N–H and O–H groups in total. The van der Waals surface area contributed by atoms with Gasteiger partial charge in [-0.05, 0) is 30.4 Å². The maximum atomic E-state index is 13.2. The van der Waals surface area contributed by atoms with Gasteiger partial charge in [0.1, 0.15) is 17.9 Å². The van der Waals surface area contributed by atoms with Crippen LogP contribution in [-0.4, -0.2) is 49.8 Å². The first kappa shape index (κ1) is 29.5. The van der Waals surface area contributed by atoms with E-state index in [9.17, 15) is 22.8 Å². The van der Waals surface area contributed by atoms with Gasteiger partial charge in [0.25, 0.3) is 0 Å². The second kappa shape index (κ2) is 14.1. The third kappa shape index (κ3) is 10.4. The molecular weight excluding hydrogens is 496 g/mol. The highest BCUT2D eigenvalue weighted by Crippen LogP contribution is 2.08. The molecule has 2 atom stereocenters. The van der Waals surface area contributed by atoms with Gasteiger partial charge in [-0.1, -0.05) is 61.5 Å². The monoisotopic (exact) mass is 530 g/mol. The summed E-state index contributed by atoms with van der Waals surface area (Å²) in [6.45, 7) is 1.83. The van der Waals surface area contributed by atoms with E-state index < -0.39 is 39.8 Å². The lowest BCUT2D eigenvalue weighted by Crippen LogP contribution is -2.54. The van der Waals surface area contributed by atoms with Gasteiger partial charge in [0.05, 0.1) is 5.75 Å². The maximum Gasteiger partial charge on any atom is 0.242 e. The van der Waals surface area contributed by atoms with E-state index in [1.54, 1.807) is 61.5 Å². The fourth-order valence-corrected chi connectivity index (χ4v) is 4.80. The number of nitrogens with two attached hydrogens (primary N) is 2. The van der Waals surface area contributed by atoms with Crippen molar-refractivity contribution in [1.29, 1.82) is 5.41 Å². The van der Waals surface area contributed by atoms with Gasteiger partial charge < -0.3 is 22.1 Å². The van der Waals surface area contributed by atoms with Crippen LogP contribution in [0.5, 0.6) is 0 Å². The summed E-state index contributed by atoms with van der Waals surface area (Å²) < 4.78 is 27.3. The quantitative estimate of drug-likeness (QED) is 0.141. The largest absolute Gasteiger partial charge is 0.384 e. The molecule has 0 radical (unpaired) electrons. The van der Waals surface area contributed by atoms with Crippen molar-refractivity contribution in [2.24, 2.45) is 11.5 Å². The fourth-order valence-electron chi connectivity index (χ4n) is 3.52. The smallest absolute Gasteiger partial charge is 0.242 e. The van der Waals surface area contributed by atoms with Crippen LogP contribution in [0.2, 0.25) is 0 Å². The molecule has 0 aliphatic carbocycles. The van der Waals surface area contributed by atoms with E-state index in [1.165, 1.54) is 0 Å². The first-order valence-electron chi connectivity index (χ1n) is 11.8. The Morgan fingerprint density at radius 2 is 1.57 bits per heavy atom. The number of carbonyl (C=O) groups excluding carboxylic acids is 3. The van der Waals surface area contributed by atoms with E-state index in [1.807, 2.05) is 0 Å². The molecule has 11 nitrogen and oxygen atoms in total. The number of rotatable bonds is 15. The minimum atomic E-state index is -3.74. The number of amides is 3. The van der Waals surface area contributed by atoms with Gasteiger partial charge in [0, 0.05) is 18.5 Å². The number of nitrogen functional groups attached to an aromatic ring is 1. The number of sulfonamides is 1. The van der Waals surface area contributed by atoms with Gasteiger partial charge in [0.2, 0.25) is 27.7 Å². The molecule has 0 fully saturated rings. The zero-order valence-electron chi connectivity index (χ0n) is 20.7. The van der Waals surface area contributed by atoms with E-state index in [0.717, 1.165) is 11.1 Å². The highest BCUT2D eigenvalue weighted by atomic mass is 32.2. The first-order chi connectivity index (χ1) is 17.5. The van der Waals surface area contributed by atoms with E-state index >= 15 is 0 Å². The van der Waals surface area contributed by atoms with E-state index in [0.29, 0.717) is 12.0 Å². The van der Waals surface area contributed by atoms with E-state index in [-0.39, 0.29) is 37.4 Å². The normalized spacial score (nSPS) is 12.8. The summed E-state index contributed by atoms with van der Waals surface area (Å²) in [5.74, 6) is -2.13. The zero-order valence-corrected chi connectivity index (χ0v) is 21.5. The summed E-state index contributed by atoms with van der Waals surface area (Å²) in [5, 5.41) is 12.7. The van der Waals surface area contributed by atoms with E-state index in [2.05, 4.69) is 15.4 Å². The number of amidine groups is 1. The third-order valence-corrected chi connectivity index (χ3v) is 7.03. The average molecular weight is 531 g/mol. The SMILES string of the molecule is CCCS(=O)(=O)NC(Cc1ccccc1)C(=O)NC(CCC(N)=O)C(=O)NCc1ccc(C(=N)N)cc1. The predicted octanol–water partition coefficient (Wildman–Crippen LogP) is 0.278. The predicted molar refractivity (Wildman–Crippen MR) is 141 cm³/mol. The van der Waals surface area contributed by atoms with Crippen LogP contribution >= 0.6 is 0 Å². The van der Waals surface area contributed by atoms with Gasteiger partial charge in [-0.25, -0.2) is 13.1 Å². The van der Waals surface area contributed by atoms with Crippen molar-refractivity contribution in [2.75, 3.05) is 5.75 Å². The van der Waals surface area contributed by atoms with Crippen LogP contribution in [-0.2, 0) is 37.4 Å². The van der Waals surface area contributed by atoms with Crippen molar-refractivity contribution in [3.8, 4) is 0 Å². The number of hydrogen-bond acceptors (Lipinski definition) is 6. The molecule has 2 unspecified atom stereocenters. The second-order valence-electron chi connectivity index (χ2n) is 8.57. The molecule has 37 heavy (non-hydrogen) atoms. The number of benzene rings is 2. The molecule has 0 heterocycles. The fraction of sp³-hybridized carbons (Fsp3) is 0.360. The summed E-state index contributed by atoms with van der Waals surface area (Å²) in [6, 6.07) is 13.3. The van der Waals surface area contributed by atoms with Crippen LogP contribution in [0.15, 0.2) is 54.6 Å². The maximum absolute atomic E-state index is 13.2. The minimum Gasteiger partial charge on any atom is -0.384 e. The standard InChI is InChI=1S/C25H34N6O5S/c1-2-14-37(35,36)31-21(15-17-6-4-3-5-7-17)25(34)30-20(12-13-22(26)32)24(33)29-16-18-8-10-19(11-9-18)23(27)28/h3-11,20-21,31H,2,12-16H2,1H3,(H2,26,32)(H3,27,28)(H,29,33)(H,30,34). The van der Waals surface area contributed by atoms with Crippen LogP contribution in [0.4, 0.5) is 0 Å². The minimum absolute atomic E-state index is 0.0596. The summed E-state index contributed by atoms with van der Waals surface area (Å²) in [6.07, 6.45) is 0.223. The average Bonchev–Trinajstić information content (AvgIpc) is 2.85. The summed E-state index contributed by atoms with van der Waals surface area (Å²) in [5.41, 5.74) is 12.7. The zero-order chi connectivity index (χ0) is 27.4. The van der Waals surface area contributed by atoms with Crippen molar-refractivity contribution < 1.29 is 22.8 Å². The van der Waals surface area contributed by atoms with Gasteiger partial charge >= 0.3 is 0 Å². The van der Waals surface area contributed by atoms with Gasteiger partial charge in [0.15, 0.2) is 0 Å². The lowest BCUT2D eigenvalue weighted by molar-refractivity contribution is -0.130. The molecule has 0 saturated heterocycles. The summed E-state index contributed by atoms with van der Waals surface area (Å²) in [4.78, 5) is 37.5. The van der Waals surface area contributed by atoms with Gasteiger partial charge in [-0.15, -0.1) is 0 Å². The third-order valence-electron chi connectivity index (χ3n) is 5.44. The molecule has 3 amide bonds. The van der Waals surface area contributed by atoms with Crippen molar-refractivity contribution >= 4 is 33.6 Å². The lowest BCUT2D eigenvalue weighted by atomic mass is 10.0. The van der Waals surface area contributed by atoms with Crippen LogP contribution < -0.4 is 26.8 Å².